The lowest BCUT2D eigenvalue weighted by atomic mass is 10.1. The van der Waals surface area contributed by atoms with Gasteiger partial charge in [-0.1, -0.05) is 26.0 Å². The van der Waals surface area contributed by atoms with Gasteiger partial charge in [0.15, 0.2) is 0 Å². The molecular weight excluding hydrogens is 381 g/mol. The van der Waals surface area contributed by atoms with Gasteiger partial charge in [-0.05, 0) is 44.4 Å². The van der Waals surface area contributed by atoms with E-state index in [-0.39, 0.29) is 24.5 Å². The van der Waals surface area contributed by atoms with Crippen LogP contribution in [0.5, 0.6) is 0 Å². The Balaban J connectivity index is 1.72. The molecule has 0 aliphatic carbocycles. The first kappa shape index (κ1) is 21.4. The van der Waals surface area contributed by atoms with E-state index in [1.54, 1.807) is 12.3 Å². The van der Waals surface area contributed by atoms with Crippen molar-refractivity contribution in [2.24, 2.45) is 5.92 Å². The zero-order chi connectivity index (χ0) is 21.2. The summed E-state index contributed by atoms with van der Waals surface area (Å²) < 4.78 is 38.9. The van der Waals surface area contributed by atoms with Gasteiger partial charge in [-0.3, -0.25) is 9.69 Å². The van der Waals surface area contributed by atoms with Crippen LogP contribution in [0, 0.1) is 5.92 Å². The van der Waals surface area contributed by atoms with Crippen LogP contribution in [0.4, 0.5) is 13.2 Å². The summed E-state index contributed by atoms with van der Waals surface area (Å²) in [5, 5.41) is 3.01. The van der Waals surface area contributed by atoms with Gasteiger partial charge in [0.2, 0.25) is 5.91 Å². The minimum atomic E-state index is -4.39. The molecule has 3 rings (SSSR count). The Morgan fingerprint density at radius 2 is 2.10 bits per heavy atom. The fourth-order valence-corrected chi connectivity index (χ4v) is 3.49. The molecule has 0 spiro atoms. The number of hydrogen-bond donors (Lipinski definition) is 2. The van der Waals surface area contributed by atoms with E-state index in [1.807, 2.05) is 6.92 Å². The number of aromatic amines is 1. The summed E-state index contributed by atoms with van der Waals surface area (Å²) in [6, 6.07) is 5.23. The third-order valence-electron chi connectivity index (χ3n) is 5.51. The van der Waals surface area contributed by atoms with Crippen molar-refractivity contribution in [1.82, 2.24) is 20.2 Å². The van der Waals surface area contributed by atoms with E-state index in [2.05, 4.69) is 34.0 Å². The maximum Gasteiger partial charge on any atom is 0.416 e. The maximum absolute atomic E-state index is 13.0. The predicted molar refractivity (Wildman–Crippen MR) is 105 cm³/mol. The van der Waals surface area contributed by atoms with Gasteiger partial charge in [0.1, 0.15) is 5.82 Å². The number of nitrogens with one attached hydrogen (secondary N) is 2. The summed E-state index contributed by atoms with van der Waals surface area (Å²) in [6.45, 7) is 7.16. The lowest BCUT2D eigenvalue weighted by molar-refractivity contribution is -0.137. The molecule has 8 heteroatoms. The van der Waals surface area contributed by atoms with Crippen LogP contribution in [0.15, 0.2) is 30.5 Å². The van der Waals surface area contributed by atoms with Crippen molar-refractivity contribution in [1.29, 1.82) is 0 Å². The number of carbonyl (C=O) groups is 1. The zero-order valence-corrected chi connectivity index (χ0v) is 16.9. The van der Waals surface area contributed by atoms with Gasteiger partial charge in [0.05, 0.1) is 30.0 Å². The van der Waals surface area contributed by atoms with Crippen LogP contribution >= 0.6 is 0 Å². The second-order valence-corrected chi connectivity index (χ2v) is 7.99. The Labute approximate surface area is 168 Å². The molecular formula is C21H27F3N4O. The molecule has 29 heavy (non-hydrogen) atoms. The highest BCUT2D eigenvalue weighted by molar-refractivity contribution is 5.78. The average molecular weight is 408 g/mol. The van der Waals surface area contributed by atoms with Crippen molar-refractivity contribution < 1.29 is 18.0 Å². The molecule has 0 bridgehead atoms. The number of likely N-dealkylation sites (tertiary alicyclic amines) is 1. The molecule has 2 heterocycles. The molecule has 2 N–H and O–H groups in total. The summed E-state index contributed by atoms with van der Waals surface area (Å²) in [4.78, 5) is 22.0. The molecule has 1 aliphatic rings. The first-order chi connectivity index (χ1) is 13.6. The Hall–Kier alpha value is -2.35. The average Bonchev–Trinajstić information content (AvgIpc) is 3.30. The van der Waals surface area contributed by atoms with Crippen LogP contribution < -0.4 is 5.32 Å². The van der Waals surface area contributed by atoms with Crippen LogP contribution in [-0.4, -0.2) is 39.9 Å². The minimum absolute atomic E-state index is 0.0252. The van der Waals surface area contributed by atoms with Crippen molar-refractivity contribution in [3.63, 3.8) is 0 Å². The summed E-state index contributed by atoms with van der Waals surface area (Å²) in [6.07, 6.45) is -1.04. The van der Waals surface area contributed by atoms with E-state index in [9.17, 15) is 18.0 Å². The van der Waals surface area contributed by atoms with E-state index < -0.39 is 11.7 Å². The summed E-state index contributed by atoms with van der Waals surface area (Å²) >= 11 is 0. The van der Waals surface area contributed by atoms with E-state index in [4.69, 9.17) is 0 Å². The molecule has 2 aromatic rings. The largest absolute Gasteiger partial charge is 0.416 e. The monoisotopic (exact) mass is 408 g/mol. The topological polar surface area (TPSA) is 61.0 Å². The number of aromatic nitrogens is 2. The van der Waals surface area contributed by atoms with Crippen molar-refractivity contribution >= 4 is 5.91 Å². The quantitative estimate of drug-likeness (QED) is 0.745. The van der Waals surface area contributed by atoms with E-state index in [1.165, 1.54) is 6.07 Å². The number of carbonyl (C=O) groups excluding carboxylic acids is 1. The Morgan fingerprint density at radius 3 is 2.79 bits per heavy atom. The van der Waals surface area contributed by atoms with Crippen LogP contribution in [-0.2, 0) is 11.0 Å². The first-order valence-electron chi connectivity index (χ1n) is 9.91. The number of alkyl halides is 3. The molecule has 2 atom stereocenters. The Kier molecular flexibility index (Phi) is 6.31. The SMILES string of the molecule is CC(C)[C@@H](C)NC(=O)CN1CCC[C@@H]1c1ncc(-c2cccc(C(F)(F)F)c2)[nH]1. The zero-order valence-electron chi connectivity index (χ0n) is 16.9. The number of H-pyrrole nitrogens is 1. The highest BCUT2D eigenvalue weighted by Crippen LogP contribution is 2.34. The second kappa shape index (κ2) is 8.57. The smallest absolute Gasteiger partial charge is 0.352 e. The lowest BCUT2D eigenvalue weighted by Crippen LogP contribution is -2.42. The number of amides is 1. The molecule has 0 saturated carbocycles. The van der Waals surface area contributed by atoms with Crippen LogP contribution in [0.3, 0.4) is 0 Å². The lowest BCUT2D eigenvalue weighted by Gasteiger charge is -2.24. The molecule has 1 aliphatic heterocycles. The summed E-state index contributed by atoms with van der Waals surface area (Å²) in [5.74, 6) is 1.01. The minimum Gasteiger partial charge on any atom is -0.352 e. The number of rotatable bonds is 6. The van der Waals surface area contributed by atoms with Gasteiger partial charge in [0, 0.05) is 11.6 Å². The normalized spacial score (nSPS) is 18.9. The van der Waals surface area contributed by atoms with E-state index in [0.29, 0.717) is 23.0 Å². The van der Waals surface area contributed by atoms with Crippen molar-refractivity contribution in [3.8, 4) is 11.3 Å². The fraction of sp³-hybridized carbons (Fsp3) is 0.524. The third kappa shape index (κ3) is 5.18. The Morgan fingerprint density at radius 1 is 1.34 bits per heavy atom. The molecule has 5 nitrogen and oxygen atoms in total. The van der Waals surface area contributed by atoms with E-state index >= 15 is 0 Å². The number of nitrogens with zero attached hydrogens (tertiary/aromatic N) is 2. The van der Waals surface area contributed by atoms with Gasteiger partial charge in [0.25, 0.3) is 0 Å². The molecule has 1 amide bonds. The number of halogens is 3. The summed E-state index contributed by atoms with van der Waals surface area (Å²) in [7, 11) is 0. The first-order valence-corrected chi connectivity index (χ1v) is 9.91. The molecule has 158 valence electrons. The number of imidazole rings is 1. The van der Waals surface area contributed by atoms with Crippen LogP contribution in [0.25, 0.3) is 11.3 Å². The molecule has 1 aromatic heterocycles. The Bertz CT molecular complexity index is 846. The van der Waals surface area contributed by atoms with Crippen molar-refractivity contribution in [2.75, 3.05) is 13.1 Å². The molecule has 0 unspecified atom stereocenters. The molecule has 1 fully saturated rings. The van der Waals surface area contributed by atoms with Gasteiger partial charge < -0.3 is 10.3 Å². The van der Waals surface area contributed by atoms with Crippen molar-refractivity contribution in [3.05, 3.63) is 41.9 Å². The number of hydrogen-bond acceptors (Lipinski definition) is 3. The fourth-order valence-electron chi connectivity index (χ4n) is 3.49. The van der Waals surface area contributed by atoms with Gasteiger partial charge >= 0.3 is 6.18 Å². The second-order valence-electron chi connectivity index (χ2n) is 7.99. The summed E-state index contributed by atoms with van der Waals surface area (Å²) in [5.41, 5.74) is 0.284. The standard InChI is InChI=1S/C21H27F3N4O/c1-13(2)14(3)26-19(29)12-28-9-5-8-18(28)20-25-11-17(27-20)15-6-4-7-16(10-15)21(22,23)24/h4,6-7,10-11,13-14,18H,5,8-9,12H2,1-3H3,(H,25,27)(H,26,29)/t14-,18-/m1/s1. The van der Waals surface area contributed by atoms with Crippen molar-refractivity contribution in [2.45, 2.75) is 51.9 Å². The molecule has 1 aromatic carbocycles. The van der Waals surface area contributed by atoms with Gasteiger partial charge in [-0.2, -0.15) is 13.2 Å². The van der Waals surface area contributed by atoms with Gasteiger partial charge in [-0.15, -0.1) is 0 Å². The highest BCUT2D eigenvalue weighted by atomic mass is 19.4. The molecule has 1 saturated heterocycles. The predicted octanol–water partition coefficient (Wildman–Crippen LogP) is 4.39. The van der Waals surface area contributed by atoms with E-state index in [0.717, 1.165) is 31.5 Å². The van der Waals surface area contributed by atoms with Crippen LogP contribution in [0.1, 0.15) is 51.0 Å². The van der Waals surface area contributed by atoms with Gasteiger partial charge in [-0.25, -0.2) is 4.98 Å². The highest BCUT2D eigenvalue weighted by Gasteiger charge is 2.32. The number of benzene rings is 1. The maximum atomic E-state index is 13.0. The molecule has 0 radical (unpaired) electrons. The third-order valence-corrected chi connectivity index (χ3v) is 5.51. The van der Waals surface area contributed by atoms with Crippen LogP contribution in [0.2, 0.25) is 0 Å².